The summed E-state index contributed by atoms with van der Waals surface area (Å²) in [5, 5.41) is 3.54. The van der Waals surface area contributed by atoms with Crippen molar-refractivity contribution in [1.29, 1.82) is 0 Å². The second kappa shape index (κ2) is 6.74. The lowest BCUT2D eigenvalue weighted by Crippen LogP contribution is -2.41. The van der Waals surface area contributed by atoms with Crippen LogP contribution in [-0.2, 0) is 4.79 Å². The molecule has 2 rings (SSSR count). The Kier molecular flexibility index (Phi) is 5.26. The Morgan fingerprint density at radius 3 is 2.53 bits per heavy atom. The quantitative estimate of drug-likeness (QED) is 0.829. The molecule has 19 heavy (non-hydrogen) atoms. The Labute approximate surface area is 118 Å². The Balaban J connectivity index is 1.98. The highest BCUT2D eigenvalue weighted by molar-refractivity contribution is 5.84. The number of nitrogens with one attached hydrogen (secondary N) is 1. The molecule has 1 saturated heterocycles. The molecule has 0 bridgehead atoms. The van der Waals surface area contributed by atoms with Gasteiger partial charge in [0.05, 0.1) is 12.2 Å². The van der Waals surface area contributed by atoms with Crippen molar-refractivity contribution in [2.24, 2.45) is 11.8 Å². The smallest absolute Gasteiger partial charge is 0.241 e. The number of nitrogens with zero attached hydrogens (tertiary/aromatic N) is 1. The van der Waals surface area contributed by atoms with E-state index in [1.807, 2.05) is 0 Å². The van der Waals surface area contributed by atoms with Crippen molar-refractivity contribution in [2.45, 2.75) is 77.9 Å². The van der Waals surface area contributed by atoms with Crippen molar-refractivity contribution in [3.63, 3.8) is 0 Å². The lowest BCUT2D eigenvalue weighted by Gasteiger charge is -2.31. The van der Waals surface area contributed by atoms with Gasteiger partial charge in [-0.15, -0.1) is 0 Å². The zero-order valence-corrected chi connectivity index (χ0v) is 12.8. The van der Waals surface area contributed by atoms with Gasteiger partial charge < -0.3 is 4.90 Å². The average Bonchev–Trinajstić information content (AvgIpc) is 2.67. The van der Waals surface area contributed by atoms with Crippen LogP contribution < -0.4 is 5.32 Å². The molecule has 0 aromatic heterocycles. The topological polar surface area (TPSA) is 32.3 Å². The zero-order chi connectivity index (χ0) is 13.8. The minimum atomic E-state index is 0.0624. The van der Waals surface area contributed by atoms with Crippen LogP contribution in [0.2, 0.25) is 0 Å². The van der Waals surface area contributed by atoms with Crippen molar-refractivity contribution in [3.05, 3.63) is 0 Å². The molecule has 1 amide bonds. The minimum absolute atomic E-state index is 0.0624. The molecule has 3 nitrogen and oxygen atoms in total. The molecule has 2 unspecified atom stereocenters. The molecule has 1 aliphatic carbocycles. The van der Waals surface area contributed by atoms with E-state index in [9.17, 15) is 4.79 Å². The number of rotatable bonds is 5. The predicted molar refractivity (Wildman–Crippen MR) is 78.7 cm³/mol. The third-order valence-electron chi connectivity index (χ3n) is 4.63. The van der Waals surface area contributed by atoms with Crippen LogP contribution in [0.5, 0.6) is 0 Å². The molecule has 0 radical (unpaired) electrons. The summed E-state index contributed by atoms with van der Waals surface area (Å²) in [6.45, 7) is 7.57. The summed E-state index contributed by atoms with van der Waals surface area (Å²) in [7, 11) is 0. The monoisotopic (exact) mass is 266 g/mol. The summed E-state index contributed by atoms with van der Waals surface area (Å²) in [5.74, 6) is 1.72. The Morgan fingerprint density at radius 1 is 1.26 bits per heavy atom. The van der Waals surface area contributed by atoms with E-state index in [1.54, 1.807) is 0 Å². The van der Waals surface area contributed by atoms with E-state index in [1.165, 1.54) is 32.1 Å². The normalized spacial score (nSPS) is 29.5. The molecule has 2 fully saturated rings. The maximum absolute atomic E-state index is 12.5. The van der Waals surface area contributed by atoms with E-state index in [2.05, 4.69) is 31.0 Å². The van der Waals surface area contributed by atoms with Crippen LogP contribution in [0, 0.1) is 11.8 Å². The molecule has 0 aromatic rings. The number of hydrogen-bond acceptors (Lipinski definition) is 2. The summed E-state index contributed by atoms with van der Waals surface area (Å²) in [5.41, 5.74) is 0. The maximum Gasteiger partial charge on any atom is 0.241 e. The number of amides is 1. The van der Waals surface area contributed by atoms with Gasteiger partial charge in [-0.3, -0.25) is 10.1 Å². The first-order valence-electron chi connectivity index (χ1n) is 8.18. The van der Waals surface area contributed by atoms with Crippen molar-refractivity contribution in [1.82, 2.24) is 10.2 Å². The van der Waals surface area contributed by atoms with Gasteiger partial charge in [0.15, 0.2) is 0 Å². The van der Waals surface area contributed by atoms with Gasteiger partial charge in [-0.25, -0.2) is 0 Å². The van der Waals surface area contributed by atoms with E-state index < -0.39 is 0 Å². The maximum atomic E-state index is 12.5. The molecule has 1 aliphatic heterocycles. The van der Waals surface area contributed by atoms with Crippen LogP contribution in [-0.4, -0.2) is 29.6 Å². The van der Waals surface area contributed by atoms with Gasteiger partial charge in [0.2, 0.25) is 5.91 Å². The van der Waals surface area contributed by atoms with Crippen LogP contribution in [0.15, 0.2) is 0 Å². The van der Waals surface area contributed by atoms with Crippen LogP contribution in [0.3, 0.4) is 0 Å². The van der Waals surface area contributed by atoms with Crippen molar-refractivity contribution >= 4 is 5.91 Å². The highest BCUT2D eigenvalue weighted by Crippen LogP contribution is 2.27. The first kappa shape index (κ1) is 14.8. The fourth-order valence-electron chi connectivity index (χ4n) is 3.55. The molecular formula is C16H30N2O. The van der Waals surface area contributed by atoms with Gasteiger partial charge in [-0.2, -0.15) is 0 Å². The molecule has 3 heteroatoms. The fraction of sp³-hybridized carbons (Fsp3) is 0.938. The molecule has 1 N–H and O–H groups in total. The molecular weight excluding hydrogens is 236 g/mol. The van der Waals surface area contributed by atoms with Gasteiger partial charge in [-0.1, -0.05) is 40.0 Å². The van der Waals surface area contributed by atoms with E-state index in [-0.39, 0.29) is 12.2 Å². The fourth-order valence-corrected chi connectivity index (χ4v) is 3.55. The largest absolute Gasteiger partial charge is 0.326 e. The summed E-state index contributed by atoms with van der Waals surface area (Å²) in [6, 6.07) is 0.0624. The lowest BCUT2D eigenvalue weighted by atomic mass is 9.88. The summed E-state index contributed by atoms with van der Waals surface area (Å²) < 4.78 is 0. The Bertz CT molecular complexity index is 297. The zero-order valence-electron chi connectivity index (χ0n) is 12.8. The van der Waals surface area contributed by atoms with E-state index in [4.69, 9.17) is 0 Å². The molecule has 2 aliphatic rings. The second-order valence-corrected chi connectivity index (χ2v) is 6.77. The van der Waals surface area contributed by atoms with E-state index in [0.29, 0.717) is 11.8 Å². The Hall–Kier alpha value is -0.570. The molecule has 0 spiro atoms. The SMILES string of the molecule is CCC1NC(CC(C)C)N(CC2CCCCC2)C1=O. The van der Waals surface area contributed by atoms with Crippen LogP contribution in [0.4, 0.5) is 0 Å². The van der Waals surface area contributed by atoms with Gasteiger partial charge in [0.1, 0.15) is 0 Å². The van der Waals surface area contributed by atoms with E-state index >= 15 is 0 Å². The number of carbonyl (C=O) groups excluding carboxylic acids is 1. The predicted octanol–water partition coefficient (Wildman–Crippen LogP) is 3.15. The average molecular weight is 266 g/mol. The lowest BCUT2D eigenvalue weighted by molar-refractivity contribution is -0.131. The summed E-state index contributed by atoms with van der Waals surface area (Å²) >= 11 is 0. The van der Waals surface area contributed by atoms with Crippen LogP contribution >= 0.6 is 0 Å². The van der Waals surface area contributed by atoms with Gasteiger partial charge >= 0.3 is 0 Å². The van der Waals surface area contributed by atoms with Crippen LogP contribution in [0.1, 0.15) is 65.7 Å². The second-order valence-electron chi connectivity index (χ2n) is 6.77. The van der Waals surface area contributed by atoms with Gasteiger partial charge in [0.25, 0.3) is 0 Å². The van der Waals surface area contributed by atoms with Crippen molar-refractivity contribution in [2.75, 3.05) is 6.54 Å². The molecule has 2 atom stereocenters. The van der Waals surface area contributed by atoms with Crippen LogP contribution in [0.25, 0.3) is 0 Å². The highest BCUT2D eigenvalue weighted by Gasteiger charge is 2.38. The molecule has 0 aromatic carbocycles. The van der Waals surface area contributed by atoms with Gasteiger partial charge in [0, 0.05) is 6.54 Å². The standard InChI is InChI=1S/C16H30N2O/c1-4-14-16(19)18(15(17-14)10-12(2)3)11-13-8-6-5-7-9-13/h12-15,17H,4-11H2,1-3H3. The van der Waals surface area contributed by atoms with E-state index in [0.717, 1.165) is 25.3 Å². The highest BCUT2D eigenvalue weighted by atomic mass is 16.2. The van der Waals surface area contributed by atoms with Crippen molar-refractivity contribution in [3.8, 4) is 0 Å². The minimum Gasteiger partial charge on any atom is -0.326 e. The number of carbonyl (C=O) groups is 1. The first-order chi connectivity index (χ1) is 9.11. The third-order valence-corrected chi connectivity index (χ3v) is 4.63. The van der Waals surface area contributed by atoms with Crippen molar-refractivity contribution < 1.29 is 4.79 Å². The first-order valence-corrected chi connectivity index (χ1v) is 8.18. The molecule has 1 saturated carbocycles. The summed E-state index contributed by atoms with van der Waals surface area (Å²) in [4.78, 5) is 14.6. The Morgan fingerprint density at radius 2 is 1.95 bits per heavy atom. The molecule has 1 heterocycles. The summed E-state index contributed by atoms with van der Waals surface area (Å²) in [6.07, 6.45) is 8.99. The number of hydrogen-bond donors (Lipinski definition) is 1. The molecule has 110 valence electrons. The van der Waals surface area contributed by atoms with Gasteiger partial charge in [-0.05, 0) is 37.5 Å². The third kappa shape index (κ3) is 3.71.